The second-order valence-corrected chi connectivity index (χ2v) is 8.02. The van der Waals surface area contributed by atoms with Gasteiger partial charge in [-0.05, 0) is 38.5 Å². The molecule has 0 radical (unpaired) electrons. The van der Waals surface area contributed by atoms with Gasteiger partial charge in [-0.1, -0.05) is 18.0 Å². The van der Waals surface area contributed by atoms with Crippen LogP contribution in [0.25, 0.3) is 0 Å². The molecule has 0 bridgehead atoms. The van der Waals surface area contributed by atoms with Crippen molar-refractivity contribution in [3.63, 3.8) is 0 Å². The molecule has 0 N–H and O–H groups in total. The lowest BCUT2D eigenvalue weighted by atomic mass is 10.1. The zero-order valence-corrected chi connectivity index (χ0v) is 16.4. The van der Waals surface area contributed by atoms with Crippen molar-refractivity contribution in [2.24, 2.45) is 5.92 Å². The fourth-order valence-electron chi connectivity index (χ4n) is 4.32. The quantitative estimate of drug-likeness (QED) is 0.699. The largest absolute Gasteiger partial charge is 0.361 e. The summed E-state index contributed by atoms with van der Waals surface area (Å²) < 4.78 is 7.35. The normalized spacial score (nSPS) is 17.8. The summed E-state index contributed by atoms with van der Waals surface area (Å²) in [5.41, 5.74) is 1.68. The Morgan fingerprint density at radius 3 is 2.81 bits per heavy atom. The highest BCUT2D eigenvalue weighted by Gasteiger charge is 2.32. The topological polar surface area (TPSA) is 67.4 Å². The Labute approximate surface area is 160 Å². The lowest BCUT2D eigenvalue weighted by Crippen LogP contribution is -2.46. The third-order valence-electron chi connectivity index (χ3n) is 5.76. The van der Waals surface area contributed by atoms with Gasteiger partial charge in [0.2, 0.25) is 0 Å². The maximum atomic E-state index is 13.1. The van der Waals surface area contributed by atoms with Crippen LogP contribution in [-0.4, -0.2) is 45.8 Å². The van der Waals surface area contributed by atoms with Gasteiger partial charge in [-0.25, -0.2) is 4.98 Å². The lowest BCUT2D eigenvalue weighted by Gasteiger charge is -2.34. The molecule has 1 aliphatic carbocycles. The van der Waals surface area contributed by atoms with Crippen LogP contribution in [0.4, 0.5) is 5.82 Å². The molecule has 4 rings (SSSR count). The maximum Gasteiger partial charge on any atom is 0.275 e. The Morgan fingerprint density at radius 2 is 2.07 bits per heavy atom. The first kappa shape index (κ1) is 18.1. The van der Waals surface area contributed by atoms with E-state index in [4.69, 9.17) is 4.52 Å². The first-order chi connectivity index (χ1) is 13.1. The van der Waals surface area contributed by atoms with Gasteiger partial charge in [-0.15, -0.1) is 0 Å². The van der Waals surface area contributed by atoms with E-state index in [0.29, 0.717) is 12.6 Å². The Morgan fingerprint density at radius 1 is 1.26 bits per heavy atom. The van der Waals surface area contributed by atoms with E-state index in [1.54, 1.807) is 0 Å². The van der Waals surface area contributed by atoms with E-state index in [9.17, 15) is 4.79 Å². The van der Waals surface area contributed by atoms with E-state index in [0.717, 1.165) is 55.3 Å². The number of carbonyl (C=O) groups excluding carboxylic acids is 1. The summed E-state index contributed by atoms with van der Waals surface area (Å²) >= 11 is 0. The summed E-state index contributed by atoms with van der Waals surface area (Å²) in [6.45, 7) is 4.21. The fraction of sp³-hybridized carbons (Fsp3) is 0.650. The Kier molecular flexibility index (Phi) is 5.18. The van der Waals surface area contributed by atoms with E-state index in [1.807, 2.05) is 31.3 Å². The number of amides is 1. The number of carbonyl (C=O) groups is 1. The van der Waals surface area contributed by atoms with Gasteiger partial charge in [0, 0.05) is 32.6 Å². The molecule has 1 saturated carbocycles. The molecule has 7 nitrogen and oxygen atoms in total. The second kappa shape index (κ2) is 7.74. The van der Waals surface area contributed by atoms with Crippen molar-refractivity contribution in [1.29, 1.82) is 0 Å². The molecule has 0 aromatic carbocycles. The first-order valence-corrected chi connectivity index (χ1v) is 10.1. The van der Waals surface area contributed by atoms with Crippen molar-refractivity contribution in [2.45, 2.75) is 58.4 Å². The number of hydrogen-bond donors (Lipinski definition) is 0. The van der Waals surface area contributed by atoms with E-state index in [1.165, 1.54) is 25.7 Å². The van der Waals surface area contributed by atoms with Gasteiger partial charge < -0.3 is 18.9 Å². The highest BCUT2D eigenvalue weighted by molar-refractivity contribution is 5.99. The molecule has 7 heteroatoms. The van der Waals surface area contributed by atoms with Crippen LogP contribution in [0.1, 0.15) is 60.5 Å². The average molecular weight is 371 g/mol. The molecule has 2 aromatic rings. The van der Waals surface area contributed by atoms with Gasteiger partial charge in [0.15, 0.2) is 11.5 Å². The Bertz CT molecular complexity index is 790. The molecule has 2 aromatic heterocycles. The summed E-state index contributed by atoms with van der Waals surface area (Å²) in [6, 6.07) is 1.98. The number of aromatic nitrogens is 3. The van der Waals surface area contributed by atoms with Crippen LogP contribution in [0.2, 0.25) is 0 Å². The molecule has 1 fully saturated rings. The number of anilines is 1. The van der Waals surface area contributed by atoms with Gasteiger partial charge in [0.25, 0.3) is 5.91 Å². The minimum atomic E-state index is 0.120. The van der Waals surface area contributed by atoms with Crippen LogP contribution >= 0.6 is 0 Å². The Hall–Kier alpha value is -2.31. The van der Waals surface area contributed by atoms with Crippen molar-refractivity contribution >= 4 is 11.7 Å². The van der Waals surface area contributed by atoms with Gasteiger partial charge >= 0.3 is 0 Å². The summed E-state index contributed by atoms with van der Waals surface area (Å²) in [5.74, 6) is 2.55. The van der Waals surface area contributed by atoms with Crippen LogP contribution < -0.4 is 4.90 Å². The van der Waals surface area contributed by atoms with Crippen molar-refractivity contribution in [3.8, 4) is 0 Å². The molecule has 0 spiro atoms. The van der Waals surface area contributed by atoms with Crippen LogP contribution in [0.3, 0.4) is 0 Å². The SMILES string of the molecule is Cc1cc(CCCCN2CN(C)c3ncn(CC4CCCC4)c3C2=O)on1. The van der Waals surface area contributed by atoms with Crippen LogP contribution in [0.5, 0.6) is 0 Å². The zero-order valence-electron chi connectivity index (χ0n) is 16.4. The number of imidazole rings is 1. The van der Waals surface area contributed by atoms with Crippen molar-refractivity contribution < 1.29 is 9.32 Å². The van der Waals surface area contributed by atoms with Gasteiger partial charge in [-0.2, -0.15) is 0 Å². The summed E-state index contributed by atoms with van der Waals surface area (Å²) in [6.07, 6.45) is 9.81. The average Bonchev–Trinajstić information content (AvgIpc) is 3.38. The maximum absolute atomic E-state index is 13.1. The molecule has 0 unspecified atom stereocenters. The van der Waals surface area contributed by atoms with Gasteiger partial charge in [0.1, 0.15) is 5.76 Å². The molecule has 1 amide bonds. The smallest absolute Gasteiger partial charge is 0.275 e. The third-order valence-corrected chi connectivity index (χ3v) is 5.76. The molecular weight excluding hydrogens is 342 g/mol. The van der Waals surface area contributed by atoms with E-state index >= 15 is 0 Å². The van der Waals surface area contributed by atoms with E-state index in [2.05, 4.69) is 19.6 Å². The minimum Gasteiger partial charge on any atom is -0.361 e. The number of nitrogens with zero attached hydrogens (tertiary/aromatic N) is 5. The number of rotatable bonds is 7. The van der Waals surface area contributed by atoms with Gasteiger partial charge in [-0.3, -0.25) is 4.79 Å². The number of fused-ring (bicyclic) bond motifs is 1. The molecular formula is C20H29N5O2. The third kappa shape index (κ3) is 3.87. The van der Waals surface area contributed by atoms with Crippen molar-refractivity contribution in [2.75, 3.05) is 25.2 Å². The minimum absolute atomic E-state index is 0.120. The van der Waals surface area contributed by atoms with E-state index < -0.39 is 0 Å². The summed E-state index contributed by atoms with van der Waals surface area (Å²) in [5, 5.41) is 3.92. The molecule has 0 atom stereocenters. The lowest BCUT2D eigenvalue weighted by molar-refractivity contribution is 0.0728. The van der Waals surface area contributed by atoms with Crippen LogP contribution in [0, 0.1) is 12.8 Å². The molecule has 3 heterocycles. The Balaban J connectivity index is 1.37. The monoisotopic (exact) mass is 371 g/mol. The fourth-order valence-corrected chi connectivity index (χ4v) is 4.32. The molecule has 1 aliphatic heterocycles. The summed E-state index contributed by atoms with van der Waals surface area (Å²) in [4.78, 5) is 21.7. The predicted molar refractivity (Wildman–Crippen MR) is 103 cm³/mol. The highest BCUT2D eigenvalue weighted by Crippen LogP contribution is 2.30. The molecule has 27 heavy (non-hydrogen) atoms. The number of aryl methyl sites for hydroxylation is 2. The standard InChI is InChI=1S/C20H29N5O2/c1-15-11-17(27-22-15)9-5-6-10-24-14-23(2)19-18(20(24)26)25(13-21-19)12-16-7-3-4-8-16/h11,13,16H,3-10,12,14H2,1-2H3. The van der Waals surface area contributed by atoms with Crippen molar-refractivity contribution in [1.82, 2.24) is 19.6 Å². The molecule has 146 valence electrons. The van der Waals surface area contributed by atoms with E-state index in [-0.39, 0.29) is 5.91 Å². The second-order valence-electron chi connectivity index (χ2n) is 8.02. The first-order valence-electron chi connectivity index (χ1n) is 10.1. The van der Waals surface area contributed by atoms with Crippen molar-refractivity contribution in [3.05, 3.63) is 29.5 Å². The van der Waals surface area contributed by atoms with Crippen LogP contribution in [0.15, 0.2) is 16.9 Å². The predicted octanol–water partition coefficient (Wildman–Crippen LogP) is 3.24. The number of hydrogen-bond acceptors (Lipinski definition) is 5. The van der Waals surface area contributed by atoms with Gasteiger partial charge in [0.05, 0.1) is 18.7 Å². The highest BCUT2D eigenvalue weighted by atomic mass is 16.5. The molecule has 2 aliphatic rings. The van der Waals surface area contributed by atoms with Crippen LogP contribution in [-0.2, 0) is 13.0 Å². The molecule has 0 saturated heterocycles. The zero-order chi connectivity index (χ0) is 18.8. The number of unbranched alkanes of at least 4 members (excludes halogenated alkanes) is 1. The summed E-state index contributed by atoms with van der Waals surface area (Å²) in [7, 11) is 2.02.